The molecule has 2 rings (SSSR count). The molecule has 2 aromatic heterocycles. The second-order valence-electron chi connectivity index (χ2n) is 5.46. The average molecular weight is 281 g/mol. The van der Waals surface area contributed by atoms with Gasteiger partial charge in [-0.25, -0.2) is 0 Å². The molecule has 6 nitrogen and oxygen atoms in total. The largest absolute Gasteiger partial charge is 0.301 e. The summed E-state index contributed by atoms with van der Waals surface area (Å²) in [5, 5.41) is 15.9. The fourth-order valence-electron chi connectivity index (χ4n) is 1.74. The molecule has 0 unspecified atom stereocenters. The highest BCUT2D eigenvalue weighted by atomic mass is 32.1. The highest BCUT2D eigenvalue weighted by Gasteiger charge is 2.14. The summed E-state index contributed by atoms with van der Waals surface area (Å²) in [6.45, 7) is 8.27. The van der Waals surface area contributed by atoms with Crippen LogP contribution >= 0.6 is 11.3 Å². The summed E-state index contributed by atoms with van der Waals surface area (Å²) in [6.07, 6.45) is 1.32. The lowest BCUT2D eigenvalue weighted by molar-refractivity contribution is -0.116. The SMILES string of the molecule is CC(C)CC(=O)Nc1nn2c(CC(C)C)nnc2s1. The van der Waals surface area contributed by atoms with Gasteiger partial charge in [-0.3, -0.25) is 4.79 Å². The zero-order valence-corrected chi connectivity index (χ0v) is 12.5. The Labute approximate surface area is 116 Å². The molecule has 2 aromatic rings. The second-order valence-corrected chi connectivity index (χ2v) is 6.42. The van der Waals surface area contributed by atoms with E-state index in [1.807, 2.05) is 13.8 Å². The van der Waals surface area contributed by atoms with Crippen LogP contribution in [0.25, 0.3) is 4.96 Å². The number of hydrogen-bond donors (Lipinski definition) is 1. The van der Waals surface area contributed by atoms with E-state index in [1.165, 1.54) is 11.3 Å². The molecule has 0 saturated heterocycles. The highest BCUT2D eigenvalue weighted by Crippen LogP contribution is 2.20. The maximum absolute atomic E-state index is 11.7. The summed E-state index contributed by atoms with van der Waals surface area (Å²) < 4.78 is 1.72. The van der Waals surface area contributed by atoms with Gasteiger partial charge in [-0.05, 0) is 11.8 Å². The number of nitrogens with one attached hydrogen (secondary N) is 1. The van der Waals surface area contributed by atoms with Crippen molar-refractivity contribution in [3.8, 4) is 0 Å². The van der Waals surface area contributed by atoms with E-state index in [4.69, 9.17) is 0 Å². The van der Waals surface area contributed by atoms with Crippen molar-refractivity contribution in [3.63, 3.8) is 0 Å². The van der Waals surface area contributed by atoms with E-state index in [2.05, 4.69) is 34.5 Å². The van der Waals surface area contributed by atoms with Gasteiger partial charge in [0.2, 0.25) is 16.0 Å². The number of hydrogen-bond acceptors (Lipinski definition) is 5. The van der Waals surface area contributed by atoms with Gasteiger partial charge >= 0.3 is 0 Å². The Morgan fingerprint density at radius 3 is 2.63 bits per heavy atom. The number of aromatic nitrogens is 4. The molecule has 19 heavy (non-hydrogen) atoms. The molecular weight excluding hydrogens is 262 g/mol. The van der Waals surface area contributed by atoms with Crippen LogP contribution in [0, 0.1) is 11.8 Å². The van der Waals surface area contributed by atoms with Crippen molar-refractivity contribution < 1.29 is 4.79 Å². The number of amides is 1. The van der Waals surface area contributed by atoms with Crippen molar-refractivity contribution in [1.82, 2.24) is 19.8 Å². The third-order valence-corrected chi connectivity index (χ3v) is 3.30. The molecule has 0 aliphatic carbocycles. The number of fused-ring (bicyclic) bond motifs is 1. The van der Waals surface area contributed by atoms with Gasteiger partial charge in [0.15, 0.2) is 5.82 Å². The van der Waals surface area contributed by atoms with Gasteiger partial charge in [0, 0.05) is 12.8 Å². The first-order valence-corrected chi connectivity index (χ1v) is 7.28. The lowest BCUT2D eigenvalue weighted by Gasteiger charge is -2.03. The smallest absolute Gasteiger partial charge is 0.236 e. The van der Waals surface area contributed by atoms with Crippen LogP contribution in [0.15, 0.2) is 0 Å². The van der Waals surface area contributed by atoms with E-state index < -0.39 is 0 Å². The van der Waals surface area contributed by atoms with Crippen molar-refractivity contribution >= 4 is 27.3 Å². The van der Waals surface area contributed by atoms with Gasteiger partial charge in [0.25, 0.3) is 0 Å². The van der Waals surface area contributed by atoms with E-state index in [9.17, 15) is 4.79 Å². The lowest BCUT2D eigenvalue weighted by Crippen LogP contribution is -2.14. The fraction of sp³-hybridized carbons (Fsp3) is 0.667. The minimum atomic E-state index is -0.00891. The van der Waals surface area contributed by atoms with E-state index in [1.54, 1.807) is 4.52 Å². The Hall–Kier alpha value is -1.50. The molecule has 1 N–H and O–H groups in total. The highest BCUT2D eigenvalue weighted by molar-refractivity contribution is 7.20. The molecule has 104 valence electrons. The van der Waals surface area contributed by atoms with Crippen LogP contribution in [0.1, 0.15) is 39.9 Å². The van der Waals surface area contributed by atoms with Crippen molar-refractivity contribution in [3.05, 3.63) is 5.82 Å². The van der Waals surface area contributed by atoms with Crippen LogP contribution in [0.3, 0.4) is 0 Å². The third-order valence-electron chi connectivity index (χ3n) is 2.49. The van der Waals surface area contributed by atoms with Crippen molar-refractivity contribution in [1.29, 1.82) is 0 Å². The first-order chi connectivity index (χ1) is 8.95. The van der Waals surface area contributed by atoms with Crippen LogP contribution in [-0.4, -0.2) is 25.7 Å². The molecule has 0 aromatic carbocycles. The molecule has 0 atom stereocenters. The van der Waals surface area contributed by atoms with Crippen molar-refractivity contribution in [2.75, 3.05) is 5.32 Å². The predicted molar refractivity (Wildman–Crippen MR) is 75.3 cm³/mol. The monoisotopic (exact) mass is 281 g/mol. The van der Waals surface area contributed by atoms with Crippen LogP contribution in [0.2, 0.25) is 0 Å². The molecule has 0 aliphatic heterocycles. The van der Waals surface area contributed by atoms with Crippen LogP contribution in [0.5, 0.6) is 0 Å². The third kappa shape index (κ3) is 3.50. The molecule has 2 heterocycles. The molecule has 0 spiro atoms. The molecule has 1 amide bonds. The molecule has 0 radical (unpaired) electrons. The zero-order valence-electron chi connectivity index (χ0n) is 11.7. The number of nitrogens with zero attached hydrogens (tertiary/aromatic N) is 4. The Morgan fingerprint density at radius 1 is 1.26 bits per heavy atom. The zero-order chi connectivity index (χ0) is 14.0. The Balaban J connectivity index is 2.13. The van der Waals surface area contributed by atoms with Crippen LogP contribution in [-0.2, 0) is 11.2 Å². The number of rotatable bonds is 5. The van der Waals surface area contributed by atoms with E-state index >= 15 is 0 Å². The molecular formula is C12H19N5OS. The molecule has 0 fully saturated rings. The van der Waals surface area contributed by atoms with E-state index in [0.29, 0.717) is 23.4 Å². The predicted octanol–water partition coefficient (Wildman–Crippen LogP) is 2.37. The van der Waals surface area contributed by atoms with Crippen molar-refractivity contribution in [2.24, 2.45) is 11.8 Å². The van der Waals surface area contributed by atoms with Gasteiger partial charge in [0.1, 0.15) is 0 Å². The summed E-state index contributed by atoms with van der Waals surface area (Å²) in [5.74, 6) is 1.66. The van der Waals surface area contributed by atoms with Gasteiger partial charge in [-0.1, -0.05) is 39.0 Å². The molecule has 0 aliphatic rings. The Kier molecular flexibility index (Phi) is 4.14. The maximum Gasteiger partial charge on any atom is 0.236 e. The summed E-state index contributed by atoms with van der Waals surface area (Å²) in [4.78, 5) is 12.4. The maximum atomic E-state index is 11.7. The summed E-state index contributed by atoms with van der Waals surface area (Å²) in [6, 6.07) is 0. The van der Waals surface area contributed by atoms with Crippen LogP contribution < -0.4 is 5.32 Å². The summed E-state index contributed by atoms with van der Waals surface area (Å²) >= 11 is 1.35. The topological polar surface area (TPSA) is 72.2 Å². The number of anilines is 1. The molecule has 0 saturated carbocycles. The van der Waals surface area contributed by atoms with Gasteiger partial charge < -0.3 is 5.32 Å². The first-order valence-electron chi connectivity index (χ1n) is 6.46. The lowest BCUT2D eigenvalue weighted by atomic mass is 10.1. The quantitative estimate of drug-likeness (QED) is 0.913. The minimum Gasteiger partial charge on any atom is -0.301 e. The van der Waals surface area contributed by atoms with E-state index in [-0.39, 0.29) is 5.91 Å². The number of carbonyl (C=O) groups is 1. The standard InChI is InChI=1S/C12H19N5OS/c1-7(2)5-9-14-15-12-17(9)16-11(19-12)13-10(18)6-8(3)4/h7-8H,5-6H2,1-4H3,(H,13,16,18). The minimum absolute atomic E-state index is 0.00891. The second kappa shape index (κ2) is 5.64. The van der Waals surface area contributed by atoms with E-state index in [0.717, 1.165) is 17.2 Å². The Bertz CT molecular complexity index is 572. The van der Waals surface area contributed by atoms with Gasteiger partial charge in [0.05, 0.1) is 0 Å². The molecule has 0 bridgehead atoms. The average Bonchev–Trinajstić information content (AvgIpc) is 2.78. The van der Waals surface area contributed by atoms with Crippen molar-refractivity contribution in [2.45, 2.75) is 40.5 Å². The van der Waals surface area contributed by atoms with Gasteiger partial charge in [-0.2, -0.15) is 4.52 Å². The summed E-state index contributed by atoms with van der Waals surface area (Å²) in [7, 11) is 0. The van der Waals surface area contributed by atoms with Gasteiger partial charge in [-0.15, -0.1) is 15.3 Å². The molecule has 7 heteroatoms. The summed E-state index contributed by atoms with van der Waals surface area (Å²) in [5.41, 5.74) is 0. The first kappa shape index (κ1) is 13.9. The fourth-order valence-corrected chi connectivity index (χ4v) is 2.52. The van der Waals surface area contributed by atoms with Crippen LogP contribution in [0.4, 0.5) is 5.13 Å². The normalized spacial score (nSPS) is 11.7. The Morgan fingerprint density at radius 2 is 2.00 bits per heavy atom. The number of carbonyl (C=O) groups excluding carboxylic acids is 1.